The summed E-state index contributed by atoms with van der Waals surface area (Å²) in [7, 11) is 0. The lowest BCUT2D eigenvalue weighted by atomic mass is 9.82. The van der Waals surface area contributed by atoms with Gasteiger partial charge in [-0.05, 0) is 94.2 Å². The summed E-state index contributed by atoms with van der Waals surface area (Å²) < 4.78 is 0. The van der Waals surface area contributed by atoms with E-state index in [-0.39, 0.29) is 0 Å². The number of aromatic nitrogens is 3. The molecular weight excluding hydrogens is 775 g/mol. The predicted octanol–water partition coefficient (Wildman–Crippen LogP) is 16.2. The Morgan fingerprint density at radius 2 is 0.578 bits per heavy atom. The fourth-order valence-corrected chi connectivity index (χ4v) is 9.70. The third-order valence-electron chi connectivity index (χ3n) is 12.5. The Hall–Kier alpha value is -8.53. The summed E-state index contributed by atoms with van der Waals surface area (Å²) >= 11 is 0. The molecule has 12 rings (SSSR count). The molecule has 0 fully saturated rings. The van der Waals surface area contributed by atoms with Crippen LogP contribution in [0.5, 0.6) is 0 Å². The van der Waals surface area contributed by atoms with E-state index in [2.05, 4.69) is 218 Å². The SMILES string of the molecule is c1ccc(-c2nc(-c3ccc4ccccc4c3-c3ccccc3)nc(-c3ccc(-c4c5ccccc5c(-c5ccccc5-c5ccccc5)c5ccccc45)c4ccccc34)n2)cc1. The average Bonchev–Trinajstić information content (AvgIpc) is 3.38. The lowest BCUT2D eigenvalue weighted by Crippen LogP contribution is -2.02. The van der Waals surface area contributed by atoms with Crippen molar-refractivity contribution in [2.24, 2.45) is 0 Å². The van der Waals surface area contributed by atoms with E-state index < -0.39 is 0 Å². The molecule has 3 nitrogen and oxygen atoms in total. The maximum atomic E-state index is 5.40. The highest BCUT2D eigenvalue weighted by atomic mass is 15.0. The molecule has 0 aliphatic rings. The molecule has 0 saturated heterocycles. The minimum atomic E-state index is 0.626. The molecule has 0 saturated carbocycles. The normalized spacial score (nSPS) is 11.4. The molecule has 0 unspecified atom stereocenters. The van der Waals surface area contributed by atoms with E-state index in [1.165, 1.54) is 49.4 Å². The monoisotopic (exact) mass is 813 g/mol. The first-order valence-electron chi connectivity index (χ1n) is 21.8. The number of rotatable bonds is 7. The van der Waals surface area contributed by atoms with Gasteiger partial charge in [0.2, 0.25) is 0 Å². The highest BCUT2D eigenvalue weighted by Crippen LogP contribution is 2.48. The van der Waals surface area contributed by atoms with Crippen molar-refractivity contribution in [3.8, 4) is 78.7 Å². The fourth-order valence-electron chi connectivity index (χ4n) is 9.70. The van der Waals surface area contributed by atoms with Crippen LogP contribution in [0.4, 0.5) is 0 Å². The standard InChI is InChI=1S/C61H39N3/c1-4-20-40(21-5-1)44-27-12-15-31-48(44)57-49-32-16-18-34-51(49)58(52-35-19-17-33-50(52)57)53-38-39-54(47-30-14-13-29-46(47)53)60-62-59(43-25-8-3-9-26-43)63-61(64-60)55-37-36-41-22-10-11-28-45(41)56(55)42-23-6-2-7-24-42/h1-39H. The Labute approximate surface area is 371 Å². The minimum Gasteiger partial charge on any atom is -0.208 e. The van der Waals surface area contributed by atoms with Crippen LogP contribution in [-0.2, 0) is 0 Å². The van der Waals surface area contributed by atoms with Crippen molar-refractivity contribution in [2.45, 2.75) is 0 Å². The molecule has 0 atom stereocenters. The summed E-state index contributed by atoms with van der Waals surface area (Å²) in [4.78, 5) is 15.9. The molecule has 3 heteroatoms. The molecule has 0 radical (unpaired) electrons. The van der Waals surface area contributed by atoms with Gasteiger partial charge in [-0.3, -0.25) is 0 Å². The van der Waals surface area contributed by atoms with Crippen LogP contribution in [0.15, 0.2) is 237 Å². The fraction of sp³-hybridized carbons (Fsp3) is 0. The molecule has 11 aromatic carbocycles. The van der Waals surface area contributed by atoms with Gasteiger partial charge < -0.3 is 0 Å². The van der Waals surface area contributed by atoms with E-state index in [9.17, 15) is 0 Å². The summed E-state index contributed by atoms with van der Waals surface area (Å²) in [5.41, 5.74) is 12.3. The van der Waals surface area contributed by atoms with Gasteiger partial charge in [-0.2, -0.15) is 0 Å². The molecule has 64 heavy (non-hydrogen) atoms. The lowest BCUT2D eigenvalue weighted by Gasteiger charge is -2.21. The molecule has 0 bridgehead atoms. The van der Waals surface area contributed by atoms with Crippen LogP contribution in [0.2, 0.25) is 0 Å². The molecule has 1 heterocycles. The smallest absolute Gasteiger partial charge is 0.164 e. The van der Waals surface area contributed by atoms with Gasteiger partial charge in [0.15, 0.2) is 17.5 Å². The van der Waals surface area contributed by atoms with E-state index in [0.29, 0.717) is 17.5 Å². The van der Waals surface area contributed by atoms with Crippen molar-refractivity contribution in [2.75, 3.05) is 0 Å². The van der Waals surface area contributed by atoms with Gasteiger partial charge in [0.25, 0.3) is 0 Å². The summed E-state index contributed by atoms with van der Waals surface area (Å²) in [6.45, 7) is 0. The van der Waals surface area contributed by atoms with Crippen molar-refractivity contribution >= 4 is 43.1 Å². The van der Waals surface area contributed by atoms with Gasteiger partial charge in [-0.25, -0.2) is 15.0 Å². The van der Waals surface area contributed by atoms with Crippen LogP contribution in [0.1, 0.15) is 0 Å². The van der Waals surface area contributed by atoms with E-state index >= 15 is 0 Å². The maximum Gasteiger partial charge on any atom is 0.164 e. The molecule has 1 aromatic heterocycles. The van der Waals surface area contributed by atoms with Crippen LogP contribution in [0.3, 0.4) is 0 Å². The summed E-state index contributed by atoms with van der Waals surface area (Å²) in [6.07, 6.45) is 0. The highest BCUT2D eigenvalue weighted by molar-refractivity contribution is 6.25. The first kappa shape index (κ1) is 37.2. The van der Waals surface area contributed by atoms with Crippen molar-refractivity contribution in [1.29, 1.82) is 0 Å². The third-order valence-corrected chi connectivity index (χ3v) is 12.5. The molecule has 0 aliphatic carbocycles. The molecule has 0 aliphatic heterocycles. The highest BCUT2D eigenvalue weighted by Gasteiger charge is 2.23. The van der Waals surface area contributed by atoms with Gasteiger partial charge in [-0.1, -0.05) is 224 Å². The average molecular weight is 814 g/mol. The largest absolute Gasteiger partial charge is 0.208 e. The Bertz CT molecular complexity index is 3650. The molecule has 298 valence electrons. The van der Waals surface area contributed by atoms with Crippen LogP contribution < -0.4 is 0 Å². The Morgan fingerprint density at radius 3 is 1.19 bits per heavy atom. The third kappa shape index (κ3) is 6.33. The molecule has 0 amide bonds. The first-order valence-corrected chi connectivity index (χ1v) is 21.8. The zero-order chi connectivity index (χ0) is 42.4. The van der Waals surface area contributed by atoms with E-state index in [1.54, 1.807) is 0 Å². The Kier molecular flexibility index (Phi) is 9.16. The van der Waals surface area contributed by atoms with Gasteiger partial charge in [-0.15, -0.1) is 0 Å². The summed E-state index contributed by atoms with van der Waals surface area (Å²) in [5.74, 6) is 1.88. The van der Waals surface area contributed by atoms with Gasteiger partial charge in [0, 0.05) is 22.3 Å². The lowest BCUT2D eigenvalue weighted by molar-refractivity contribution is 1.08. The van der Waals surface area contributed by atoms with E-state index in [1.807, 2.05) is 18.2 Å². The topological polar surface area (TPSA) is 38.7 Å². The molecular formula is C61H39N3. The van der Waals surface area contributed by atoms with Crippen molar-refractivity contribution < 1.29 is 0 Å². The first-order chi connectivity index (χ1) is 31.8. The quantitative estimate of drug-likeness (QED) is 0.150. The second kappa shape index (κ2) is 15.7. The predicted molar refractivity (Wildman–Crippen MR) is 268 cm³/mol. The van der Waals surface area contributed by atoms with Gasteiger partial charge in [0.1, 0.15) is 0 Å². The zero-order valence-electron chi connectivity index (χ0n) is 34.9. The van der Waals surface area contributed by atoms with E-state index in [0.717, 1.165) is 54.9 Å². The Balaban J connectivity index is 1.10. The summed E-state index contributed by atoms with van der Waals surface area (Å²) in [6, 6.07) is 84.2. The molecule has 0 spiro atoms. The van der Waals surface area contributed by atoms with Crippen LogP contribution in [-0.4, -0.2) is 15.0 Å². The second-order valence-corrected chi connectivity index (χ2v) is 16.2. The maximum absolute atomic E-state index is 5.40. The van der Waals surface area contributed by atoms with E-state index in [4.69, 9.17) is 15.0 Å². The number of fused-ring (bicyclic) bond motifs is 4. The van der Waals surface area contributed by atoms with Gasteiger partial charge in [0.05, 0.1) is 0 Å². The van der Waals surface area contributed by atoms with Crippen LogP contribution in [0.25, 0.3) is 122 Å². The van der Waals surface area contributed by atoms with Crippen LogP contribution in [0, 0.1) is 0 Å². The van der Waals surface area contributed by atoms with Crippen molar-refractivity contribution in [3.05, 3.63) is 237 Å². The Morgan fingerprint density at radius 1 is 0.188 bits per heavy atom. The summed E-state index contributed by atoms with van der Waals surface area (Å²) in [5, 5.41) is 9.36. The number of hydrogen-bond donors (Lipinski definition) is 0. The second-order valence-electron chi connectivity index (χ2n) is 16.2. The molecule has 0 N–H and O–H groups in total. The number of hydrogen-bond acceptors (Lipinski definition) is 3. The molecule has 12 aromatic rings. The van der Waals surface area contributed by atoms with Crippen LogP contribution >= 0.6 is 0 Å². The van der Waals surface area contributed by atoms with Gasteiger partial charge >= 0.3 is 0 Å². The number of nitrogens with zero attached hydrogens (tertiary/aromatic N) is 3. The number of benzene rings is 11. The van der Waals surface area contributed by atoms with Crippen molar-refractivity contribution in [3.63, 3.8) is 0 Å². The minimum absolute atomic E-state index is 0.626. The van der Waals surface area contributed by atoms with Crippen molar-refractivity contribution in [1.82, 2.24) is 15.0 Å². The zero-order valence-corrected chi connectivity index (χ0v) is 34.9.